The Hall–Kier alpha value is -1.88. The highest BCUT2D eigenvalue weighted by Gasteiger charge is 2.16. The van der Waals surface area contributed by atoms with Gasteiger partial charge in [-0.15, -0.1) is 0 Å². The van der Waals surface area contributed by atoms with Gasteiger partial charge in [-0.05, 0) is 18.4 Å². The summed E-state index contributed by atoms with van der Waals surface area (Å²) in [4.78, 5) is 23.0. The molecule has 0 bridgehead atoms. The largest absolute Gasteiger partial charge is 0.394 e. The first kappa shape index (κ1) is 15.2. The van der Waals surface area contributed by atoms with Gasteiger partial charge in [0.15, 0.2) is 0 Å². The first-order valence-corrected chi connectivity index (χ1v) is 6.40. The van der Waals surface area contributed by atoms with E-state index >= 15 is 0 Å². The molecule has 0 aliphatic rings. The Balaban J connectivity index is 2.29. The minimum Gasteiger partial charge on any atom is -0.394 e. The molecule has 2 amide bonds. The Morgan fingerprint density at radius 3 is 2.47 bits per heavy atom. The molecular formula is C14H20N2O3. The molecule has 1 rings (SSSR count). The van der Waals surface area contributed by atoms with Crippen LogP contribution in [-0.4, -0.2) is 36.1 Å². The summed E-state index contributed by atoms with van der Waals surface area (Å²) in [5, 5.41) is 14.0. The molecular weight excluding hydrogens is 244 g/mol. The molecule has 0 heterocycles. The minimum absolute atomic E-state index is 0.167. The molecule has 104 valence electrons. The lowest BCUT2D eigenvalue weighted by atomic mass is 10.1. The lowest BCUT2D eigenvalue weighted by Crippen LogP contribution is -2.46. The number of carbonyl (C=O) groups excluding carboxylic acids is 2. The van der Waals surface area contributed by atoms with Gasteiger partial charge in [0, 0.05) is 6.54 Å². The van der Waals surface area contributed by atoms with E-state index in [1.807, 2.05) is 37.3 Å². The fourth-order valence-corrected chi connectivity index (χ4v) is 1.57. The van der Waals surface area contributed by atoms with E-state index in [2.05, 4.69) is 10.6 Å². The summed E-state index contributed by atoms with van der Waals surface area (Å²) >= 11 is 0. The molecule has 0 aliphatic heterocycles. The molecule has 19 heavy (non-hydrogen) atoms. The van der Waals surface area contributed by atoms with Crippen LogP contribution in [0.3, 0.4) is 0 Å². The normalized spacial score (nSPS) is 11.7. The van der Waals surface area contributed by atoms with Crippen molar-refractivity contribution >= 4 is 11.8 Å². The Bertz CT molecular complexity index is 402. The molecule has 1 unspecified atom stereocenters. The van der Waals surface area contributed by atoms with E-state index in [1.165, 1.54) is 0 Å². The smallest absolute Gasteiger partial charge is 0.309 e. The van der Waals surface area contributed by atoms with E-state index in [4.69, 9.17) is 5.11 Å². The molecule has 3 N–H and O–H groups in total. The van der Waals surface area contributed by atoms with Crippen LogP contribution in [0, 0.1) is 0 Å². The zero-order valence-corrected chi connectivity index (χ0v) is 11.1. The second-order valence-electron chi connectivity index (χ2n) is 4.25. The minimum atomic E-state index is -0.700. The van der Waals surface area contributed by atoms with E-state index < -0.39 is 11.8 Å². The molecule has 0 saturated heterocycles. The van der Waals surface area contributed by atoms with Crippen molar-refractivity contribution in [3.8, 4) is 0 Å². The summed E-state index contributed by atoms with van der Waals surface area (Å²) in [5.74, 6) is -1.36. The number of hydrogen-bond acceptors (Lipinski definition) is 3. The average molecular weight is 264 g/mol. The molecule has 5 heteroatoms. The summed E-state index contributed by atoms with van der Waals surface area (Å²) in [6, 6.07) is 9.34. The SMILES string of the molecule is CCC(CO)NC(=O)C(=O)NCCc1ccccc1. The first-order chi connectivity index (χ1) is 9.17. The standard InChI is InChI=1S/C14H20N2O3/c1-2-12(10-17)16-14(19)13(18)15-9-8-11-6-4-3-5-7-11/h3-7,12,17H,2,8-10H2,1H3,(H,15,18)(H,16,19). The molecule has 1 aromatic carbocycles. The molecule has 0 aromatic heterocycles. The van der Waals surface area contributed by atoms with Crippen molar-refractivity contribution in [2.24, 2.45) is 0 Å². The van der Waals surface area contributed by atoms with Gasteiger partial charge >= 0.3 is 11.8 Å². The van der Waals surface area contributed by atoms with Gasteiger partial charge in [-0.3, -0.25) is 9.59 Å². The van der Waals surface area contributed by atoms with Gasteiger partial charge in [-0.2, -0.15) is 0 Å². The van der Waals surface area contributed by atoms with Crippen LogP contribution in [0.4, 0.5) is 0 Å². The van der Waals surface area contributed by atoms with E-state index in [9.17, 15) is 9.59 Å². The third-order valence-electron chi connectivity index (χ3n) is 2.80. The Morgan fingerprint density at radius 2 is 1.89 bits per heavy atom. The Labute approximate surface area is 113 Å². The van der Waals surface area contributed by atoms with Crippen LogP contribution in [-0.2, 0) is 16.0 Å². The highest BCUT2D eigenvalue weighted by Crippen LogP contribution is 1.98. The first-order valence-electron chi connectivity index (χ1n) is 6.40. The molecule has 1 atom stereocenters. The number of rotatable bonds is 6. The van der Waals surface area contributed by atoms with Gasteiger partial charge in [0.1, 0.15) is 0 Å². The molecule has 0 aliphatic carbocycles. The number of aliphatic hydroxyl groups excluding tert-OH is 1. The third-order valence-corrected chi connectivity index (χ3v) is 2.80. The van der Waals surface area contributed by atoms with E-state index in [0.717, 1.165) is 5.56 Å². The second-order valence-corrected chi connectivity index (χ2v) is 4.25. The van der Waals surface area contributed by atoms with E-state index in [0.29, 0.717) is 19.4 Å². The molecule has 0 fully saturated rings. The highest BCUT2D eigenvalue weighted by molar-refractivity contribution is 6.35. The Kier molecular flexibility index (Phi) is 6.60. The highest BCUT2D eigenvalue weighted by atomic mass is 16.3. The molecule has 1 aromatic rings. The van der Waals surface area contributed by atoms with Crippen molar-refractivity contribution in [2.75, 3.05) is 13.2 Å². The zero-order chi connectivity index (χ0) is 14.1. The van der Waals surface area contributed by atoms with Crippen molar-refractivity contribution in [3.63, 3.8) is 0 Å². The summed E-state index contributed by atoms with van der Waals surface area (Å²) in [6.07, 6.45) is 1.26. The van der Waals surface area contributed by atoms with Gasteiger partial charge in [-0.1, -0.05) is 37.3 Å². The van der Waals surface area contributed by atoms with Crippen LogP contribution in [0.2, 0.25) is 0 Å². The fraction of sp³-hybridized carbons (Fsp3) is 0.429. The monoisotopic (exact) mass is 264 g/mol. The van der Waals surface area contributed by atoms with Crippen LogP contribution in [0.25, 0.3) is 0 Å². The van der Waals surface area contributed by atoms with Crippen molar-refractivity contribution in [1.82, 2.24) is 10.6 Å². The number of nitrogens with one attached hydrogen (secondary N) is 2. The van der Waals surface area contributed by atoms with Gasteiger partial charge < -0.3 is 15.7 Å². The lowest BCUT2D eigenvalue weighted by Gasteiger charge is -2.13. The number of hydrogen-bond donors (Lipinski definition) is 3. The molecule has 0 spiro atoms. The predicted molar refractivity (Wildman–Crippen MR) is 72.5 cm³/mol. The van der Waals surface area contributed by atoms with E-state index in [-0.39, 0.29) is 12.6 Å². The van der Waals surface area contributed by atoms with Gasteiger partial charge in [-0.25, -0.2) is 0 Å². The molecule has 0 saturated carbocycles. The van der Waals surface area contributed by atoms with Crippen LogP contribution < -0.4 is 10.6 Å². The van der Waals surface area contributed by atoms with Gasteiger partial charge in [0.25, 0.3) is 0 Å². The van der Waals surface area contributed by atoms with Gasteiger partial charge in [0.2, 0.25) is 0 Å². The van der Waals surface area contributed by atoms with Crippen molar-refractivity contribution in [3.05, 3.63) is 35.9 Å². The number of amides is 2. The predicted octanol–water partition coefficient (Wildman–Crippen LogP) is 0.232. The van der Waals surface area contributed by atoms with Crippen LogP contribution in [0.15, 0.2) is 30.3 Å². The summed E-state index contributed by atoms with van der Waals surface area (Å²) < 4.78 is 0. The van der Waals surface area contributed by atoms with Crippen LogP contribution in [0.1, 0.15) is 18.9 Å². The summed E-state index contributed by atoms with van der Waals surface area (Å²) in [6.45, 7) is 2.07. The molecule has 5 nitrogen and oxygen atoms in total. The molecule has 0 radical (unpaired) electrons. The van der Waals surface area contributed by atoms with Gasteiger partial charge in [0.05, 0.1) is 12.6 Å². The van der Waals surface area contributed by atoms with Crippen molar-refractivity contribution in [2.45, 2.75) is 25.8 Å². The maximum absolute atomic E-state index is 11.5. The summed E-state index contributed by atoms with van der Waals surface area (Å²) in [5.41, 5.74) is 1.10. The lowest BCUT2D eigenvalue weighted by molar-refractivity contribution is -0.139. The van der Waals surface area contributed by atoms with Crippen LogP contribution >= 0.6 is 0 Å². The zero-order valence-electron chi connectivity index (χ0n) is 11.1. The topological polar surface area (TPSA) is 78.4 Å². The van der Waals surface area contributed by atoms with Crippen molar-refractivity contribution in [1.29, 1.82) is 0 Å². The van der Waals surface area contributed by atoms with E-state index in [1.54, 1.807) is 0 Å². The number of benzene rings is 1. The maximum Gasteiger partial charge on any atom is 0.309 e. The van der Waals surface area contributed by atoms with Crippen molar-refractivity contribution < 1.29 is 14.7 Å². The number of carbonyl (C=O) groups is 2. The van der Waals surface area contributed by atoms with Crippen LogP contribution in [0.5, 0.6) is 0 Å². The summed E-state index contributed by atoms with van der Waals surface area (Å²) in [7, 11) is 0. The number of aliphatic hydroxyl groups is 1. The second kappa shape index (κ2) is 8.26. The third kappa shape index (κ3) is 5.52. The maximum atomic E-state index is 11.5. The Morgan fingerprint density at radius 1 is 1.21 bits per heavy atom. The fourth-order valence-electron chi connectivity index (χ4n) is 1.57. The quantitative estimate of drug-likeness (QED) is 0.644. The average Bonchev–Trinajstić information content (AvgIpc) is 2.45.